The van der Waals surface area contributed by atoms with E-state index in [0.717, 1.165) is 37.2 Å². The second-order valence-electron chi connectivity index (χ2n) is 6.92. The smallest absolute Gasteiger partial charge is 0.259 e. The standard InChI is InChI=1S/C18H22N2O2/c1-18(2,3)20-15(12-16(21)19-10-6-7-11-19)13-8-4-5-9-14(13)17(20)22/h4-5,8-9,12H,6-7,10-11H2,1-3H3/b15-12+. The molecular formula is C18H22N2O2. The van der Waals surface area contributed by atoms with Gasteiger partial charge >= 0.3 is 0 Å². The van der Waals surface area contributed by atoms with Crippen molar-refractivity contribution < 1.29 is 9.59 Å². The minimum absolute atomic E-state index is 0.00579. The van der Waals surface area contributed by atoms with Gasteiger partial charge in [0.2, 0.25) is 5.91 Å². The van der Waals surface area contributed by atoms with Crippen LogP contribution in [0.2, 0.25) is 0 Å². The van der Waals surface area contributed by atoms with Crippen molar-refractivity contribution in [2.24, 2.45) is 0 Å². The summed E-state index contributed by atoms with van der Waals surface area (Å²) >= 11 is 0. The van der Waals surface area contributed by atoms with E-state index in [-0.39, 0.29) is 17.4 Å². The van der Waals surface area contributed by atoms with Gasteiger partial charge in [-0.15, -0.1) is 0 Å². The Balaban J connectivity index is 2.05. The molecule has 1 aromatic rings. The maximum absolute atomic E-state index is 12.7. The van der Waals surface area contributed by atoms with Crippen LogP contribution in [-0.4, -0.2) is 40.2 Å². The van der Waals surface area contributed by atoms with E-state index in [4.69, 9.17) is 0 Å². The molecule has 22 heavy (non-hydrogen) atoms. The molecule has 0 unspecified atom stereocenters. The first kappa shape index (κ1) is 14.8. The fraction of sp³-hybridized carbons (Fsp3) is 0.444. The second-order valence-corrected chi connectivity index (χ2v) is 6.92. The fourth-order valence-electron chi connectivity index (χ4n) is 3.20. The highest BCUT2D eigenvalue weighted by atomic mass is 16.2. The first-order chi connectivity index (χ1) is 10.4. The normalized spacial score (nSPS) is 20.0. The van der Waals surface area contributed by atoms with Crippen LogP contribution < -0.4 is 0 Å². The van der Waals surface area contributed by atoms with Gasteiger partial charge in [-0.2, -0.15) is 0 Å². The third-order valence-corrected chi connectivity index (χ3v) is 4.23. The predicted molar refractivity (Wildman–Crippen MR) is 86.2 cm³/mol. The molecule has 1 saturated heterocycles. The fourth-order valence-corrected chi connectivity index (χ4v) is 3.20. The highest BCUT2D eigenvalue weighted by Gasteiger charge is 2.39. The summed E-state index contributed by atoms with van der Waals surface area (Å²) < 4.78 is 0. The van der Waals surface area contributed by atoms with Gasteiger partial charge in [0.15, 0.2) is 0 Å². The average Bonchev–Trinajstić information content (AvgIpc) is 3.06. The molecule has 0 bridgehead atoms. The zero-order valence-electron chi connectivity index (χ0n) is 13.4. The first-order valence-electron chi connectivity index (χ1n) is 7.84. The van der Waals surface area contributed by atoms with Crippen molar-refractivity contribution in [3.63, 3.8) is 0 Å². The number of carbonyl (C=O) groups is 2. The Morgan fingerprint density at radius 1 is 1.09 bits per heavy atom. The van der Waals surface area contributed by atoms with Crippen molar-refractivity contribution in [1.29, 1.82) is 0 Å². The number of likely N-dealkylation sites (tertiary alicyclic amines) is 1. The van der Waals surface area contributed by atoms with Crippen LogP contribution in [0.4, 0.5) is 0 Å². The van der Waals surface area contributed by atoms with Gasteiger partial charge in [-0.3, -0.25) is 9.59 Å². The first-order valence-corrected chi connectivity index (χ1v) is 7.84. The molecule has 0 N–H and O–H groups in total. The lowest BCUT2D eigenvalue weighted by Gasteiger charge is -2.33. The Labute approximate surface area is 131 Å². The molecule has 0 saturated carbocycles. The van der Waals surface area contributed by atoms with E-state index < -0.39 is 0 Å². The number of hydrogen-bond donors (Lipinski definition) is 0. The summed E-state index contributed by atoms with van der Waals surface area (Å²) in [5.74, 6) is -0.0187. The van der Waals surface area contributed by atoms with E-state index in [1.165, 1.54) is 0 Å². The van der Waals surface area contributed by atoms with Crippen LogP contribution in [0.25, 0.3) is 5.70 Å². The molecule has 0 aliphatic carbocycles. The van der Waals surface area contributed by atoms with E-state index in [9.17, 15) is 9.59 Å². The van der Waals surface area contributed by atoms with Gasteiger partial charge in [0.25, 0.3) is 5.91 Å². The largest absolute Gasteiger partial charge is 0.339 e. The minimum Gasteiger partial charge on any atom is -0.339 e. The van der Waals surface area contributed by atoms with Gasteiger partial charge in [-0.1, -0.05) is 18.2 Å². The predicted octanol–water partition coefficient (Wildman–Crippen LogP) is 2.90. The molecule has 2 aliphatic heterocycles. The summed E-state index contributed by atoms with van der Waals surface area (Å²) in [6, 6.07) is 7.52. The summed E-state index contributed by atoms with van der Waals surface area (Å²) in [7, 11) is 0. The van der Waals surface area contributed by atoms with Gasteiger partial charge < -0.3 is 9.80 Å². The van der Waals surface area contributed by atoms with Gasteiger partial charge in [-0.25, -0.2) is 0 Å². The van der Waals surface area contributed by atoms with Crippen LogP contribution >= 0.6 is 0 Å². The molecule has 2 heterocycles. The molecule has 4 nitrogen and oxygen atoms in total. The molecule has 0 radical (unpaired) electrons. The van der Waals surface area contributed by atoms with Gasteiger partial charge in [-0.05, 0) is 39.7 Å². The molecule has 4 heteroatoms. The Morgan fingerprint density at radius 3 is 2.27 bits per heavy atom. The van der Waals surface area contributed by atoms with Gasteiger partial charge in [0.05, 0.1) is 5.70 Å². The van der Waals surface area contributed by atoms with Crippen LogP contribution in [0, 0.1) is 0 Å². The van der Waals surface area contributed by atoms with Crippen molar-refractivity contribution in [1.82, 2.24) is 9.80 Å². The third kappa shape index (κ3) is 2.43. The molecule has 0 atom stereocenters. The molecule has 0 spiro atoms. The van der Waals surface area contributed by atoms with Crippen molar-refractivity contribution in [2.75, 3.05) is 13.1 Å². The number of amides is 2. The molecule has 116 valence electrons. The van der Waals surface area contributed by atoms with E-state index in [1.807, 2.05) is 49.9 Å². The second kappa shape index (κ2) is 5.27. The summed E-state index contributed by atoms with van der Waals surface area (Å²) in [5.41, 5.74) is 1.89. The summed E-state index contributed by atoms with van der Waals surface area (Å²) in [4.78, 5) is 28.8. The van der Waals surface area contributed by atoms with E-state index in [2.05, 4.69) is 0 Å². The lowest BCUT2D eigenvalue weighted by Crippen LogP contribution is -2.41. The molecule has 1 aromatic carbocycles. The van der Waals surface area contributed by atoms with Crippen LogP contribution in [0.3, 0.4) is 0 Å². The molecule has 2 aliphatic rings. The lowest BCUT2D eigenvalue weighted by molar-refractivity contribution is -0.124. The van der Waals surface area contributed by atoms with E-state index >= 15 is 0 Å². The number of fused-ring (bicyclic) bond motifs is 1. The highest BCUT2D eigenvalue weighted by molar-refractivity contribution is 6.12. The maximum atomic E-state index is 12.7. The Bertz CT molecular complexity index is 649. The van der Waals surface area contributed by atoms with Crippen LogP contribution in [0.5, 0.6) is 0 Å². The van der Waals surface area contributed by atoms with Crippen molar-refractivity contribution in [3.05, 3.63) is 41.5 Å². The van der Waals surface area contributed by atoms with Crippen LogP contribution in [0.1, 0.15) is 49.5 Å². The molecule has 2 amide bonds. The van der Waals surface area contributed by atoms with Crippen LogP contribution in [-0.2, 0) is 4.79 Å². The topological polar surface area (TPSA) is 40.6 Å². The van der Waals surface area contributed by atoms with E-state index in [0.29, 0.717) is 5.56 Å². The Morgan fingerprint density at radius 2 is 1.68 bits per heavy atom. The number of rotatable bonds is 1. The Hall–Kier alpha value is -2.10. The number of hydrogen-bond acceptors (Lipinski definition) is 2. The van der Waals surface area contributed by atoms with Crippen molar-refractivity contribution in [3.8, 4) is 0 Å². The third-order valence-electron chi connectivity index (χ3n) is 4.23. The molecule has 0 aromatic heterocycles. The summed E-state index contributed by atoms with van der Waals surface area (Å²) in [6.45, 7) is 7.60. The van der Waals surface area contributed by atoms with Crippen LogP contribution in [0.15, 0.2) is 30.3 Å². The lowest BCUT2D eigenvalue weighted by atomic mass is 10.0. The van der Waals surface area contributed by atoms with Crippen molar-refractivity contribution in [2.45, 2.75) is 39.2 Å². The number of benzene rings is 1. The quantitative estimate of drug-likeness (QED) is 0.748. The number of nitrogens with zero attached hydrogens (tertiary/aromatic N) is 2. The van der Waals surface area contributed by atoms with Crippen molar-refractivity contribution >= 4 is 17.5 Å². The summed E-state index contributed by atoms with van der Waals surface area (Å²) in [6.07, 6.45) is 3.77. The van der Waals surface area contributed by atoms with Gasteiger partial charge in [0, 0.05) is 35.8 Å². The summed E-state index contributed by atoms with van der Waals surface area (Å²) in [5, 5.41) is 0. The zero-order valence-corrected chi connectivity index (χ0v) is 13.4. The minimum atomic E-state index is -0.368. The average molecular weight is 298 g/mol. The molecular weight excluding hydrogens is 276 g/mol. The zero-order chi connectivity index (χ0) is 15.9. The SMILES string of the molecule is CC(C)(C)N1C(=O)c2ccccc2/C1=C\C(=O)N1CCCC1. The number of carbonyl (C=O) groups excluding carboxylic acids is 2. The van der Waals surface area contributed by atoms with E-state index in [1.54, 1.807) is 11.0 Å². The monoisotopic (exact) mass is 298 g/mol. The van der Waals surface area contributed by atoms with Gasteiger partial charge in [0.1, 0.15) is 0 Å². The molecule has 1 fully saturated rings. The maximum Gasteiger partial charge on any atom is 0.259 e. The molecule has 3 rings (SSSR count). The highest BCUT2D eigenvalue weighted by Crippen LogP contribution is 2.37. The Kier molecular flexibility index (Phi) is 3.55.